The van der Waals surface area contributed by atoms with Crippen molar-refractivity contribution in [1.29, 1.82) is 0 Å². The molecule has 1 atom stereocenters. The first-order valence-electron chi connectivity index (χ1n) is 7.24. The molecule has 0 fully saturated rings. The summed E-state index contributed by atoms with van der Waals surface area (Å²) < 4.78 is 14.1. The van der Waals surface area contributed by atoms with Crippen LogP contribution in [0.4, 0.5) is 4.39 Å². The minimum absolute atomic E-state index is 0.0702. The maximum atomic E-state index is 14.1. The molecule has 0 amide bonds. The second-order valence-corrected chi connectivity index (χ2v) is 5.16. The third-order valence-electron chi connectivity index (χ3n) is 3.55. The Morgan fingerprint density at radius 3 is 2.50 bits per heavy atom. The summed E-state index contributed by atoms with van der Waals surface area (Å²) in [4.78, 5) is 0. The fraction of sp³-hybridized carbons (Fsp3) is 0.333. The van der Waals surface area contributed by atoms with Crippen molar-refractivity contribution in [3.8, 4) is 0 Å². The summed E-state index contributed by atoms with van der Waals surface area (Å²) in [5.74, 6) is -0.107. The maximum absolute atomic E-state index is 14.1. The highest BCUT2D eigenvalue weighted by atomic mass is 19.1. The van der Waals surface area contributed by atoms with E-state index in [1.807, 2.05) is 37.3 Å². The van der Waals surface area contributed by atoms with Crippen LogP contribution in [0.5, 0.6) is 0 Å². The molecule has 0 aliphatic rings. The zero-order valence-corrected chi connectivity index (χ0v) is 12.2. The summed E-state index contributed by atoms with van der Waals surface area (Å²) in [7, 11) is 0. The number of benzene rings is 2. The number of hydrogen-bond donors (Lipinski definition) is 1. The zero-order valence-electron chi connectivity index (χ0n) is 12.2. The minimum Gasteiger partial charge on any atom is -0.310 e. The lowest BCUT2D eigenvalue weighted by molar-refractivity contribution is 0.485. The summed E-state index contributed by atoms with van der Waals surface area (Å²) in [6.45, 7) is 4.81. The van der Waals surface area contributed by atoms with Crippen molar-refractivity contribution < 1.29 is 4.39 Å². The van der Waals surface area contributed by atoms with Gasteiger partial charge in [-0.2, -0.15) is 0 Å². The molecule has 2 aromatic rings. The SMILES string of the molecule is CCNC(CCc1ccccc1)c1ccc(C)cc1F. The summed E-state index contributed by atoms with van der Waals surface area (Å²) in [6, 6.07) is 15.9. The lowest BCUT2D eigenvalue weighted by atomic mass is 9.97. The Morgan fingerprint density at radius 1 is 1.10 bits per heavy atom. The predicted octanol–water partition coefficient (Wildman–Crippen LogP) is 4.42. The van der Waals surface area contributed by atoms with Gasteiger partial charge in [-0.25, -0.2) is 4.39 Å². The van der Waals surface area contributed by atoms with E-state index in [0.717, 1.165) is 30.5 Å². The van der Waals surface area contributed by atoms with Crippen molar-refractivity contribution in [2.75, 3.05) is 6.54 Å². The summed E-state index contributed by atoms with van der Waals surface area (Å²) >= 11 is 0. The zero-order chi connectivity index (χ0) is 14.4. The van der Waals surface area contributed by atoms with Gasteiger partial charge in [0.15, 0.2) is 0 Å². The normalized spacial score (nSPS) is 12.3. The Morgan fingerprint density at radius 2 is 1.85 bits per heavy atom. The molecule has 0 radical (unpaired) electrons. The van der Waals surface area contributed by atoms with E-state index < -0.39 is 0 Å². The van der Waals surface area contributed by atoms with Gasteiger partial charge in [0.05, 0.1) is 0 Å². The molecule has 20 heavy (non-hydrogen) atoms. The van der Waals surface area contributed by atoms with Crippen molar-refractivity contribution in [1.82, 2.24) is 5.32 Å². The van der Waals surface area contributed by atoms with Crippen molar-refractivity contribution in [2.24, 2.45) is 0 Å². The molecule has 106 valence electrons. The van der Waals surface area contributed by atoms with Gasteiger partial charge in [-0.1, -0.05) is 49.4 Å². The number of aryl methyl sites for hydroxylation is 2. The highest BCUT2D eigenvalue weighted by Crippen LogP contribution is 2.23. The molecule has 0 aliphatic carbocycles. The fourth-order valence-electron chi connectivity index (χ4n) is 2.48. The third kappa shape index (κ3) is 3.91. The molecule has 2 rings (SSSR count). The van der Waals surface area contributed by atoms with Crippen molar-refractivity contribution >= 4 is 0 Å². The van der Waals surface area contributed by atoms with Gasteiger partial charge in [-0.3, -0.25) is 0 Å². The van der Waals surface area contributed by atoms with Gasteiger partial charge < -0.3 is 5.32 Å². The lowest BCUT2D eigenvalue weighted by Crippen LogP contribution is -2.22. The van der Waals surface area contributed by atoms with E-state index in [1.165, 1.54) is 5.56 Å². The largest absolute Gasteiger partial charge is 0.310 e. The standard InChI is InChI=1S/C18H22FN/c1-3-20-18(12-10-15-7-5-4-6-8-15)16-11-9-14(2)13-17(16)19/h4-9,11,13,18,20H,3,10,12H2,1-2H3. The summed E-state index contributed by atoms with van der Waals surface area (Å²) in [5, 5.41) is 3.39. The average Bonchev–Trinajstić information content (AvgIpc) is 2.45. The van der Waals surface area contributed by atoms with Gasteiger partial charge >= 0.3 is 0 Å². The summed E-state index contributed by atoms with van der Waals surface area (Å²) in [6.07, 6.45) is 1.85. The molecule has 0 heterocycles. The van der Waals surface area contributed by atoms with Gasteiger partial charge in [0.2, 0.25) is 0 Å². The predicted molar refractivity (Wildman–Crippen MR) is 82.3 cm³/mol. The second-order valence-electron chi connectivity index (χ2n) is 5.16. The molecular formula is C18H22FN. The smallest absolute Gasteiger partial charge is 0.128 e. The van der Waals surface area contributed by atoms with Crippen LogP contribution in [0.1, 0.15) is 36.1 Å². The lowest BCUT2D eigenvalue weighted by Gasteiger charge is -2.19. The Kier molecular flexibility index (Phi) is 5.31. The molecule has 1 unspecified atom stereocenters. The van der Waals surface area contributed by atoms with Gasteiger partial charge in [0, 0.05) is 11.6 Å². The topological polar surface area (TPSA) is 12.0 Å². The van der Waals surface area contributed by atoms with Gasteiger partial charge in [-0.15, -0.1) is 0 Å². The first-order valence-corrected chi connectivity index (χ1v) is 7.24. The van der Waals surface area contributed by atoms with E-state index in [-0.39, 0.29) is 11.9 Å². The maximum Gasteiger partial charge on any atom is 0.128 e. The van der Waals surface area contributed by atoms with Gasteiger partial charge in [0.1, 0.15) is 5.82 Å². The Labute approximate surface area is 120 Å². The molecule has 1 nitrogen and oxygen atoms in total. The average molecular weight is 271 g/mol. The van der Waals surface area contributed by atoms with Crippen LogP contribution in [0, 0.1) is 12.7 Å². The van der Waals surface area contributed by atoms with Crippen LogP contribution in [0.3, 0.4) is 0 Å². The molecule has 0 aromatic heterocycles. The number of rotatable bonds is 6. The van der Waals surface area contributed by atoms with E-state index in [0.29, 0.717) is 0 Å². The molecule has 0 aliphatic heterocycles. The van der Waals surface area contributed by atoms with Gasteiger partial charge in [-0.05, 0) is 43.5 Å². The van der Waals surface area contributed by atoms with Crippen molar-refractivity contribution in [3.63, 3.8) is 0 Å². The molecule has 2 heteroatoms. The van der Waals surface area contributed by atoms with Crippen molar-refractivity contribution in [2.45, 2.75) is 32.7 Å². The van der Waals surface area contributed by atoms with E-state index in [4.69, 9.17) is 0 Å². The van der Waals surface area contributed by atoms with E-state index in [9.17, 15) is 4.39 Å². The van der Waals surface area contributed by atoms with Crippen LogP contribution < -0.4 is 5.32 Å². The molecule has 0 spiro atoms. The Bertz CT molecular complexity index is 536. The van der Waals surface area contributed by atoms with E-state index >= 15 is 0 Å². The third-order valence-corrected chi connectivity index (χ3v) is 3.55. The van der Waals surface area contributed by atoms with Crippen LogP contribution in [-0.2, 0) is 6.42 Å². The molecule has 2 aromatic carbocycles. The number of hydrogen-bond acceptors (Lipinski definition) is 1. The molecule has 1 N–H and O–H groups in total. The number of nitrogens with one attached hydrogen (secondary N) is 1. The van der Waals surface area contributed by atoms with Gasteiger partial charge in [0.25, 0.3) is 0 Å². The highest BCUT2D eigenvalue weighted by molar-refractivity contribution is 5.26. The molecule has 0 saturated heterocycles. The van der Waals surface area contributed by atoms with Crippen LogP contribution >= 0.6 is 0 Å². The first kappa shape index (κ1) is 14.7. The Hall–Kier alpha value is -1.67. The van der Waals surface area contributed by atoms with Crippen LogP contribution in [0.2, 0.25) is 0 Å². The van der Waals surface area contributed by atoms with Crippen LogP contribution in [0.25, 0.3) is 0 Å². The highest BCUT2D eigenvalue weighted by Gasteiger charge is 2.14. The van der Waals surface area contributed by atoms with E-state index in [2.05, 4.69) is 24.4 Å². The van der Waals surface area contributed by atoms with Crippen LogP contribution in [-0.4, -0.2) is 6.54 Å². The van der Waals surface area contributed by atoms with E-state index in [1.54, 1.807) is 6.07 Å². The van der Waals surface area contributed by atoms with Crippen LogP contribution in [0.15, 0.2) is 48.5 Å². The number of halogens is 1. The Balaban J connectivity index is 2.10. The molecule has 0 bridgehead atoms. The monoisotopic (exact) mass is 271 g/mol. The molecule has 0 saturated carbocycles. The second kappa shape index (κ2) is 7.20. The summed E-state index contributed by atoms with van der Waals surface area (Å²) in [5.41, 5.74) is 3.03. The van der Waals surface area contributed by atoms with Crippen molar-refractivity contribution in [3.05, 3.63) is 71.0 Å². The quantitative estimate of drug-likeness (QED) is 0.820. The first-order chi connectivity index (χ1) is 9.70. The fourth-order valence-corrected chi connectivity index (χ4v) is 2.48. The molecular weight excluding hydrogens is 249 g/mol. The minimum atomic E-state index is -0.107.